The standard InChI is InChI=1S/C16H16N2O4S/c1-2-12-17(13-14-8-4-3-5-9-14)23(21,22)16-11-7-6-10-15(16)18(19)20/h2-11H,1,12-13H2. The minimum atomic E-state index is -4.02. The largest absolute Gasteiger partial charge is 0.289 e. The molecule has 0 aromatic heterocycles. The van der Waals surface area contributed by atoms with E-state index in [-0.39, 0.29) is 18.0 Å². The van der Waals surface area contributed by atoms with Crippen LogP contribution in [0.1, 0.15) is 5.56 Å². The molecule has 0 aliphatic heterocycles. The van der Waals surface area contributed by atoms with Crippen molar-refractivity contribution in [1.82, 2.24) is 4.31 Å². The number of sulfonamides is 1. The summed E-state index contributed by atoms with van der Waals surface area (Å²) in [7, 11) is -4.02. The van der Waals surface area contributed by atoms with Crippen molar-refractivity contribution in [2.75, 3.05) is 6.54 Å². The van der Waals surface area contributed by atoms with E-state index < -0.39 is 20.6 Å². The van der Waals surface area contributed by atoms with Crippen molar-refractivity contribution in [3.63, 3.8) is 0 Å². The normalized spacial score (nSPS) is 11.3. The number of nitro benzene ring substituents is 1. The summed E-state index contributed by atoms with van der Waals surface area (Å²) in [5, 5.41) is 11.1. The summed E-state index contributed by atoms with van der Waals surface area (Å²) in [5.74, 6) is 0. The zero-order chi connectivity index (χ0) is 16.9. The highest BCUT2D eigenvalue weighted by molar-refractivity contribution is 7.89. The summed E-state index contributed by atoms with van der Waals surface area (Å²) in [6.45, 7) is 3.74. The van der Waals surface area contributed by atoms with Gasteiger partial charge in [0.15, 0.2) is 4.90 Å². The number of hydrogen-bond donors (Lipinski definition) is 0. The predicted molar refractivity (Wildman–Crippen MR) is 87.3 cm³/mol. The molecule has 0 radical (unpaired) electrons. The van der Waals surface area contributed by atoms with Gasteiger partial charge in [-0.3, -0.25) is 10.1 Å². The Morgan fingerprint density at radius 3 is 2.30 bits per heavy atom. The summed E-state index contributed by atoms with van der Waals surface area (Å²) >= 11 is 0. The van der Waals surface area contributed by atoms with Crippen LogP contribution in [0.3, 0.4) is 0 Å². The van der Waals surface area contributed by atoms with Gasteiger partial charge in [0.25, 0.3) is 5.69 Å². The van der Waals surface area contributed by atoms with Crippen molar-refractivity contribution in [1.29, 1.82) is 0 Å². The molecule has 6 nitrogen and oxygen atoms in total. The van der Waals surface area contributed by atoms with E-state index in [0.29, 0.717) is 0 Å². The maximum absolute atomic E-state index is 12.8. The second-order valence-corrected chi connectivity index (χ2v) is 6.70. The first-order valence-corrected chi connectivity index (χ1v) is 8.29. The molecule has 0 spiro atoms. The Morgan fingerprint density at radius 1 is 1.09 bits per heavy atom. The van der Waals surface area contributed by atoms with E-state index in [1.165, 1.54) is 30.3 Å². The molecule has 0 N–H and O–H groups in total. The minimum Gasteiger partial charge on any atom is -0.258 e. The van der Waals surface area contributed by atoms with Crippen LogP contribution >= 0.6 is 0 Å². The highest BCUT2D eigenvalue weighted by Gasteiger charge is 2.30. The molecule has 2 rings (SSSR count). The Hall–Kier alpha value is -2.51. The number of nitrogens with zero attached hydrogens (tertiary/aromatic N) is 2. The van der Waals surface area contributed by atoms with Gasteiger partial charge in [-0.05, 0) is 11.6 Å². The highest BCUT2D eigenvalue weighted by Crippen LogP contribution is 2.27. The molecule has 0 fully saturated rings. The van der Waals surface area contributed by atoms with Gasteiger partial charge in [0.1, 0.15) is 0 Å². The molecule has 0 atom stereocenters. The van der Waals surface area contributed by atoms with E-state index >= 15 is 0 Å². The van der Waals surface area contributed by atoms with E-state index in [1.807, 2.05) is 6.07 Å². The van der Waals surface area contributed by atoms with Gasteiger partial charge in [0, 0.05) is 19.2 Å². The lowest BCUT2D eigenvalue weighted by atomic mass is 10.2. The lowest BCUT2D eigenvalue weighted by molar-refractivity contribution is -0.387. The predicted octanol–water partition coefficient (Wildman–Crippen LogP) is 2.97. The molecule has 23 heavy (non-hydrogen) atoms. The summed E-state index contributed by atoms with van der Waals surface area (Å²) in [6, 6.07) is 14.4. The number of nitro groups is 1. The fourth-order valence-corrected chi connectivity index (χ4v) is 3.70. The number of para-hydroxylation sites is 1. The molecule has 0 saturated heterocycles. The van der Waals surface area contributed by atoms with Gasteiger partial charge in [-0.15, -0.1) is 6.58 Å². The summed E-state index contributed by atoms with van der Waals surface area (Å²) < 4.78 is 26.8. The fraction of sp³-hybridized carbons (Fsp3) is 0.125. The van der Waals surface area contributed by atoms with Gasteiger partial charge in [-0.1, -0.05) is 48.5 Å². The van der Waals surface area contributed by atoms with Crippen molar-refractivity contribution in [2.45, 2.75) is 11.4 Å². The Balaban J connectivity index is 2.45. The van der Waals surface area contributed by atoms with Crippen LogP contribution in [0.2, 0.25) is 0 Å². The average Bonchev–Trinajstić information content (AvgIpc) is 2.55. The maximum atomic E-state index is 12.8. The fourth-order valence-electron chi connectivity index (χ4n) is 2.14. The van der Waals surface area contributed by atoms with E-state index in [0.717, 1.165) is 9.87 Å². The SMILES string of the molecule is C=CCN(Cc1ccccc1)S(=O)(=O)c1ccccc1[N+](=O)[O-]. The Kier molecular flexibility index (Phi) is 5.25. The number of hydrogen-bond acceptors (Lipinski definition) is 4. The van der Waals surface area contributed by atoms with Crippen LogP contribution in [-0.2, 0) is 16.6 Å². The van der Waals surface area contributed by atoms with Gasteiger partial charge in [0.2, 0.25) is 10.0 Å². The van der Waals surface area contributed by atoms with Gasteiger partial charge in [0.05, 0.1) is 4.92 Å². The summed E-state index contributed by atoms with van der Waals surface area (Å²) in [6.07, 6.45) is 1.45. The third-order valence-electron chi connectivity index (χ3n) is 3.21. The van der Waals surface area contributed by atoms with Gasteiger partial charge >= 0.3 is 0 Å². The summed E-state index contributed by atoms with van der Waals surface area (Å²) in [4.78, 5) is 10.1. The Bertz CT molecular complexity index is 804. The third-order valence-corrected chi connectivity index (χ3v) is 5.07. The van der Waals surface area contributed by atoms with Crippen LogP contribution in [0.15, 0.2) is 72.1 Å². The average molecular weight is 332 g/mol. The van der Waals surface area contributed by atoms with Crippen molar-refractivity contribution in [2.24, 2.45) is 0 Å². The second kappa shape index (κ2) is 7.17. The molecule has 0 unspecified atom stereocenters. The molecule has 2 aromatic rings. The van der Waals surface area contributed by atoms with Crippen molar-refractivity contribution in [3.05, 3.63) is 82.9 Å². The maximum Gasteiger partial charge on any atom is 0.289 e. The van der Waals surface area contributed by atoms with E-state index in [4.69, 9.17) is 0 Å². The zero-order valence-corrected chi connectivity index (χ0v) is 13.1. The lowest BCUT2D eigenvalue weighted by Crippen LogP contribution is -2.31. The Labute approximate surface area is 134 Å². The molecule has 7 heteroatoms. The topological polar surface area (TPSA) is 80.5 Å². The molecule has 2 aromatic carbocycles. The second-order valence-electron chi connectivity index (χ2n) is 4.80. The first-order valence-electron chi connectivity index (χ1n) is 6.85. The van der Waals surface area contributed by atoms with Gasteiger partial charge in [-0.2, -0.15) is 4.31 Å². The lowest BCUT2D eigenvalue weighted by Gasteiger charge is -2.20. The first-order chi connectivity index (χ1) is 11.0. The molecule has 0 amide bonds. The van der Waals surface area contributed by atoms with E-state index in [9.17, 15) is 18.5 Å². The van der Waals surface area contributed by atoms with E-state index in [2.05, 4.69) is 6.58 Å². The monoisotopic (exact) mass is 332 g/mol. The van der Waals surface area contributed by atoms with Crippen molar-refractivity contribution >= 4 is 15.7 Å². The minimum absolute atomic E-state index is 0.0588. The molecule has 120 valence electrons. The quantitative estimate of drug-likeness (QED) is 0.443. The molecular weight excluding hydrogens is 316 g/mol. The van der Waals surface area contributed by atoms with Crippen LogP contribution in [0.25, 0.3) is 0 Å². The van der Waals surface area contributed by atoms with Crippen LogP contribution in [0.4, 0.5) is 5.69 Å². The summed E-state index contributed by atoms with van der Waals surface area (Å²) in [5.41, 5.74) is 0.353. The zero-order valence-electron chi connectivity index (χ0n) is 12.3. The van der Waals surface area contributed by atoms with Crippen LogP contribution in [-0.4, -0.2) is 24.2 Å². The number of benzene rings is 2. The molecule has 0 bridgehead atoms. The molecule has 0 saturated carbocycles. The number of rotatable bonds is 7. The van der Waals surface area contributed by atoms with E-state index in [1.54, 1.807) is 24.3 Å². The van der Waals surface area contributed by atoms with Gasteiger partial charge in [-0.25, -0.2) is 8.42 Å². The molecule has 0 aliphatic rings. The molecule has 0 heterocycles. The van der Waals surface area contributed by atoms with Crippen molar-refractivity contribution in [3.8, 4) is 0 Å². The molecule has 0 aliphatic carbocycles. The third kappa shape index (κ3) is 3.82. The van der Waals surface area contributed by atoms with Crippen LogP contribution in [0, 0.1) is 10.1 Å². The van der Waals surface area contributed by atoms with Gasteiger partial charge < -0.3 is 0 Å². The van der Waals surface area contributed by atoms with Crippen LogP contribution in [0.5, 0.6) is 0 Å². The first kappa shape index (κ1) is 16.9. The molecular formula is C16H16N2O4S. The van der Waals surface area contributed by atoms with Crippen LogP contribution < -0.4 is 0 Å². The Morgan fingerprint density at radius 2 is 1.70 bits per heavy atom. The van der Waals surface area contributed by atoms with Crippen molar-refractivity contribution < 1.29 is 13.3 Å². The highest BCUT2D eigenvalue weighted by atomic mass is 32.2. The smallest absolute Gasteiger partial charge is 0.258 e.